The topological polar surface area (TPSA) is 26.3 Å². The van der Waals surface area contributed by atoms with E-state index in [-0.39, 0.29) is 67.3 Å². The van der Waals surface area contributed by atoms with Crippen molar-refractivity contribution >= 4 is 122 Å². The first-order valence-electron chi connectivity index (χ1n) is 7.44. The molecule has 0 N–H and O–H groups in total. The molecule has 0 bridgehead atoms. The number of carbonyl (C=O) groups excluding carboxylic acids is 1. The summed E-state index contributed by atoms with van der Waals surface area (Å²) < 4.78 is 5.31. The molecule has 0 fully saturated rings. The molecule has 2 nitrogen and oxygen atoms in total. The van der Waals surface area contributed by atoms with Crippen LogP contribution in [0.1, 0.15) is 25.0 Å². The molecule has 0 aliphatic carbocycles. The fourth-order valence-corrected chi connectivity index (χ4v) is 4.91. The number of rotatable bonds is 4. The summed E-state index contributed by atoms with van der Waals surface area (Å²) in [5, 5.41) is -1.53. The summed E-state index contributed by atoms with van der Waals surface area (Å²) in [5.41, 5.74) is -0.228. The van der Waals surface area contributed by atoms with Crippen LogP contribution in [-0.2, 0) is 9.53 Å². The zero-order valence-electron chi connectivity index (χ0n) is 14.2. The van der Waals surface area contributed by atoms with E-state index in [0.29, 0.717) is 0 Å². The van der Waals surface area contributed by atoms with Crippen molar-refractivity contribution in [2.24, 2.45) is 0 Å². The quantitative estimate of drug-likeness (QED) is 0.199. The van der Waals surface area contributed by atoms with Gasteiger partial charge in [-0.15, -0.1) is 0 Å². The molecule has 0 amide bonds. The highest BCUT2D eigenvalue weighted by atomic mass is 35.5. The number of carbonyl (C=O) groups is 1. The van der Waals surface area contributed by atoms with E-state index in [1.165, 1.54) is 0 Å². The van der Waals surface area contributed by atoms with Crippen molar-refractivity contribution < 1.29 is 9.53 Å². The molecule has 29 heavy (non-hydrogen) atoms. The molecule has 0 heterocycles. The lowest BCUT2D eigenvalue weighted by Crippen LogP contribution is -2.23. The zero-order valence-corrected chi connectivity index (χ0v) is 21.7. The van der Waals surface area contributed by atoms with Gasteiger partial charge in [-0.2, -0.15) is 0 Å². The largest absolute Gasteiger partial charge is 0.462 e. The second-order valence-corrected chi connectivity index (χ2v) is 9.50. The first-order chi connectivity index (χ1) is 13.3. The molecule has 0 saturated heterocycles. The molecule has 0 spiro atoms. The van der Waals surface area contributed by atoms with Gasteiger partial charge in [-0.1, -0.05) is 116 Å². The van der Waals surface area contributed by atoms with Crippen LogP contribution in [0.5, 0.6) is 0 Å². The molecular formula is C17H7Cl10O2. The maximum atomic E-state index is 13.0. The minimum atomic E-state index is -0.892. The summed E-state index contributed by atoms with van der Waals surface area (Å²) in [6, 6.07) is 0. The van der Waals surface area contributed by atoms with Crippen molar-refractivity contribution in [2.45, 2.75) is 20.0 Å². The Morgan fingerprint density at radius 3 is 1.03 bits per heavy atom. The van der Waals surface area contributed by atoms with Crippen molar-refractivity contribution in [3.05, 3.63) is 67.3 Å². The van der Waals surface area contributed by atoms with E-state index in [4.69, 9.17) is 121 Å². The van der Waals surface area contributed by atoms with Crippen LogP contribution in [0.4, 0.5) is 0 Å². The Morgan fingerprint density at radius 1 is 0.552 bits per heavy atom. The fraction of sp³-hybridized carbons (Fsp3) is 0.176. The average molecular weight is 598 g/mol. The number of esters is 1. The van der Waals surface area contributed by atoms with Crippen LogP contribution in [0.25, 0.3) is 0 Å². The molecule has 2 rings (SSSR count). The number of benzene rings is 2. The van der Waals surface area contributed by atoms with Crippen LogP contribution in [-0.4, -0.2) is 12.1 Å². The predicted molar refractivity (Wildman–Crippen MR) is 126 cm³/mol. The van der Waals surface area contributed by atoms with Gasteiger partial charge in [0.2, 0.25) is 0 Å². The van der Waals surface area contributed by atoms with Gasteiger partial charge in [-0.05, 0) is 13.8 Å². The molecule has 157 valence electrons. The van der Waals surface area contributed by atoms with Gasteiger partial charge in [0.25, 0.3) is 0 Å². The zero-order chi connectivity index (χ0) is 22.4. The molecule has 0 saturated carbocycles. The standard InChI is InChI=1S/C17H7Cl10O2/c1-3(2)29-17(28)4(5-7(18)11(22)15(26)12(23)8(5)19)6-9(20)13(24)16(27)14(25)10(6)21/h3H,1-2H3. The number of hydrogen-bond donors (Lipinski definition) is 0. The van der Waals surface area contributed by atoms with E-state index >= 15 is 0 Å². The van der Waals surface area contributed by atoms with Crippen LogP contribution in [0.2, 0.25) is 50.2 Å². The highest BCUT2D eigenvalue weighted by Crippen LogP contribution is 2.53. The molecule has 1 radical (unpaired) electrons. The Balaban J connectivity index is 2.99. The first-order valence-corrected chi connectivity index (χ1v) is 11.2. The van der Waals surface area contributed by atoms with E-state index in [1.807, 2.05) is 0 Å². The minimum Gasteiger partial charge on any atom is -0.462 e. The van der Waals surface area contributed by atoms with Gasteiger partial charge in [0.05, 0.1) is 56.3 Å². The summed E-state index contributed by atoms with van der Waals surface area (Å²) in [6.45, 7) is 3.26. The molecule has 12 heteroatoms. The van der Waals surface area contributed by atoms with Crippen molar-refractivity contribution in [1.29, 1.82) is 0 Å². The average Bonchev–Trinajstić information content (AvgIpc) is 2.66. The van der Waals surface area contributed by atoms with E-state index < -0.39 is 12.1 Å². The SMILES string of the molecule is CC(C)OC(=O)[C](c1c(Cl)c(Cl)c(Cl)c(Cl)c1Cl)c1c(Cl)c(Cl)c(Cl)c(Cl)c1Cl. The Kier molecular flexibility index (Phi) is 9.14. The van der Waals surface area contributed by atoms with Crippen molar-refractivity contribution in [3.63, 3.8) is 0 Å². The van der Waals surface area contributed by atoms with Crippen LogP contribution < -0.4 is 0 Å². The Labute approximate surface area is 217 Å². The number of hydrogen-bond acceptors (Lipinski definition) is 2. The van der Waals surface area contributed by atoms with Gasteiger partial charge in [0, 0.05) is 11.1 Å². The van der Waals surface area contributed by atoms with Crippen molar-refractivity contribution in [2.75, 3.05) is 0 Å². The third-order valence-corrected chi connectivity index (χ3v) is 8.02. The maximum absolute atomic E-state index is 13.0. The van der Waals surface area contributed by atoms with E-state index in [2.05, 4.69) is 0 Å². The third-order valence-electron chi connectivity index (χ3n) is 3.47. The second-order valence-electron chi connectivity index (χ2n) is 5.72. The number of halogens is 10. The predicted octanol–water partition coefficient (Wildman–Crippen LogP) is 10.1. The second kappa shape index (κ2) is 10.2. The molecule has 2 aromatic rings. The smallest absolute Gasteiger partial charge is 0.323 e. The van der Waals surface area contributed by atoms with Crippen LogP contribution in [0, 0.1) is 5.92 Å². The number of ether oxygens (including phenoxy) is 1. The van der Waals surface area contributed by atoms with Crippen molar-refractivity contribution in [1.82, 2.24) is 0 Å². The van der Waals surface area contributed by atoms with E-state index in [1.54, 1.807) is 13.8 Å². The molecule has 0 aliphatic heterocycles. The third kappa shape index (κ3) is 4.93. The van der Waals surface area contributed by atoms with Gasteiger partial charge in [0.15, 0.2) is 0 Å². The summed E-state index contributed by atoms with van der Waals surface area (Å²) in [5.74, 6) is -1.17. The van der Waals surface area contributed by atoms with Gasteiger partial charge in [-0.3, -0.25) is 4.79 Å². The minimum absolute atomic E-state index is 0.104. The Morgan fingerprint density at radius 2 is 0.793 bits per heavy atom. The van der Waals surface area contributed by atoms with Crippen LogP contribution in [0.15, 0.2) is 0 Å². The van der Waals surface area contributed by atoms with E-state index in [9.17, 15) is 4.79 Å². The van der Waals surface area contributed by atoms with Gasteiger partial charge >= 0.3 is 5.97 Å². The lowest BCUT2D eigenvalue weighted by atomic mass is 9.90. The highest BCUT2D eigenvalue weighted by molar-refractivity contribution is 6.57. The van der Waals surface area contributed by atoms with E-state index in [0.717, 1.165) is 0 Å². The molecule has 0 unspecified atom stereocenters. The lowest BCUT2D eigenvalue weighted by Gasteiger charge is -2.24. The highest BCUT2D eigenvalue weighted by Gasteiger charge is 2.38. The molecular weight excluding hydrogens is 591 g/mol. The summed E-state index contributed by atoms with van der Waals surface area (Å²) in [7, 11) is 0. The molecule has 0 atom stereocenters. The summed E-state index contributed by atoms with van der Waals surface area (Å²) in [4.78, 5) is 13.0. The fourth-order valence-electron chi connectivity index (χ4n) is 2.25. The van der Waals surface area contributed by atoms with Crippen molar-refractivity contribution in [3.8, 4) is 0 Å². The first kappa shape index (κ1) is 26.1. The molecule has 2 aromatic carbocycles. The molecule has 0 aromatic heterocycles. The molecule has 0 aliphatic rings. The monoisotopic (exact) mass is 593 g/mol. The van der Waals surface area contributed by atoms with Gasteiger partial charge in [-0.25, -0.2) is 0 Å². The van der Waals surface area contributed by atoms with Gasteiger partial charge in [0.1, 0.15) is 5.92 Å². The Bertz CT molecular complexity index is 875. The summed E-state index contributed by atoms with van der Waals surface area (Å²) >= 11 is 62.1. The normalized spacial score (nSPS) is 11.5. The Hall–Kier alpha value is 0.810. The van der Waals surface area contributed by atoms with Gasteiger partial charge < -0.3 is 4.74 Å². The van der Waals surface area contributed by atoms with Crippen LogP contribution >= 0.6 is 116 Å². The lowest BCUT2D eigenvalue weighted by molar-refractivity contribution is -0.144. The van der Waals surface area contributed by atoms with Crippen LogP contribution in [0.3, 0.4) is 0 Å². The maximum Gasteiger partial charge on any atom is 0.323 e. The summed E-state index contributed by atoms with van der Waals surface area (Å²) in [6.07, 6.45) is -0.524.